The summed E-state index contributed by atoms with van der Waals surface area (Å²) in [7, 11) is 3.69. The van der Waals surface area contributed by atoms with Crippen molar-refractivity contribution in [3.8, 4) is 0 Å². The Bertz CT molecular complexity index is 1490. The Labute approximate surface area is 298 Å². The number of aliphatic imine (C=N–C) groups is 1. The van der Waals surface area contributed by atoms with E-state index in [0.717, 1.165) is 60.9 Å². The minimum Gasteiger partial charge on any atom is -0.463 e. The Morgan fingerprint density at radius 2 is 1.44 bits per heavy atom. The summed E-state index contributed by atoms with van der Waals surface area (Å²) in [5.74, 6) is 0.976. The van der Waals surface area contributed by atoms with E-state index >= 15 is 0 Å². The molecule has 2 aliphatic rings. The largest absolute Gasteiger partial charge is 0.463 e. The van der Waals surface area contributed by atoms with Gasteiger partial charge in [0.2, 0.25) is 0 Å². The molecule has 0 bridgehead atoms. The van der Waals surface area contributed by atoms with Gasteiger partial charge in [-0.15, -0.1) is 0 Å². The monoisotopic (exact) mass is 703 g/mol. The fourth-order valence-electron chi connectivity index (χ4n) is 4.90. The molecule has 12 nitrogen and oxygen atoms in total. The lowest BCUT2D eigenvalue weighted by molar-refractivity contribution is -0.130. The van der Waals surface area contributed by atoms with Gasteiger partial charge in [0.15, 0.2) is 0 Å². The zero-order chi connectivity index (χ0) is 35.8. The number of amides is 1. The molecule has 0 unspecified atom stereocenters. The van der Waals surface area contributed by atoms with Crippen LogP contribution in [0.3, 0.4) is 0 Å². The molecule has 2 N–H and O–H groups in total. The number of carbonyl (C=O) groups excluding carboxylic acids is 3. The maximum absolute atomic E-state index is 11.3. The molecule has 1 aromatic heterocycles. The summed E-state index contributed by atoms with van der Waals surface area (Å²) in [4.78, 5) is 40.7. The third-order valence-corrected chi connectivity index (χ3v) is 7.61. The van der Waals surface area contributed by atoms with Gasteiger partial charge < -0.3 is 25.0 Å². The summed E-state index contributed by atoms with van der Waals surface area (Å²) < 4.78 is 11.0. The average Bonchev–Trinajstić information content (AvgIpc) is 3.96. The first-order chi connectivity index (χ1) is 24.4. The predicted octanol–water partition coefficient (Wildman–Crippen LogP) is 4.98. The lowest BCUT2D eigenvalue weighted by atomic mass is 10.2. The Morgan fingerprint density at radius 1 is 0.860 bits per heavy atom. The van der Waals surface area contributed by atoms with Gasteiger partial charge in [-0.1, -0.05) is 84.4 Å². The number of aromatic nitrogens is 3. The second kappa shape index (κ2) is 23.4. The maximum atomic E-state index is 11.3. The summed E-state index contributed by atoms with van der Waals surface area (Å²) in [6.45, 7) is 4.38. The minimum atomic E-state index is -0.0544. The van der Waals surface area contributed by atoms with E-state index in [-0.39, 0.29) is 11.9 Å². The molecule has 13 heteroatoms. The molecule has 2 atom stereocenters. The van der Waals surface area contributed by atoms with Crippen LogP contribution in [-0.2, 0) is 43.6 Å². The number of nitrogens with one attached hydrogen (secondary N) is 2. The van der Waals surface area contributed by atoms with Gasteiger partial charge in [-0.3, -0.25) is 14.4 Å². The minimum absolute atomic E-state index is 0.0406. The molecule has 2 aliphatic heterocycles. The van der Waals surface area contributed by atoms with E-state index in [1.807, 2.05) is 104 Å². The number of halogens is 1. The smallest absolute Gasteiger partial charge is 0.293 e. The van der Waals surface area contributed by atoms with Crippen molar-refractivity contribution in [3.05, 3.63) is 119 Å². The molecule has 3 aromatic carbocycles. The number of nitrogens with zero attached hydrogens (tertiary/aromatic N) is 5. The SMILES string of the molecule is CN(C)C=NC(=O)[C@H]1CCCN1.Clc1ccc(Cn2ncnc2[C@H]2CCCN2)cc1.O=COCc1ccccc1.O=COCc1ccccc1. The van der Waals surface area contributed by atoms with Crippen molar-refractivity contribution >= 4 is 36.8 Å². The number of ether oxygens (including phenoxy) is 2. The van der Waals surface area contributed by atoms with Crippen LogP contribution in [0.2, 0.25) is 5.02 Å². The third-order valence-electron chi connectivity index (χ3n) is 7.36. The van der Waals surface area contributed by atoms with E-state index in [0.29, 0.717) is 32.2 Å². The molecule has 0 saturated carbocycles. The van der Waals surface area contributed by atoms with Gasteiger partial charge in [0.05, 0.1) is 25.0 Å². The van der Waals surface area contributed by atoms with Crippen molar-refractivity contribution in [1.82, 2.24) is 30.3 Å². The lowest BCUT2D eigenvalue weighted by Gasteiger charge is -2.11. The summed E-state index contributed by atoms with van der Waals surface area (Å²) in [5, 5.41) is 11.6. The first-order valence-corrected chi connectivity index (χ1v) is 16.8. The standard InChI is InChI=1S/C13H15ClN4.C8H15N3O.2C8H8O2/c14-11-5-3-10(4-6-11)8-18-13(16-9-17-18)12-2-1-7-15-12;1-11(2)6-10-8(12)7-4-3-5-9-7;2*9-7-10-6-8-4-2-1-3-5-8/h3-6,9,12,15H,1-2,7-8H2;6-7,9H,3-5H2,1-2H3;2*1-5,7H,6H2/t12-;7-;;/m11../s1. The number of carbonyl (C=O) groups is 3. The highest BCUT2D eigenvalue weighted by atomic mass is 35.5. The number of benzene rings is 3. The first kappa shape index (κ1) is 39.5. The highest BCUT2D eigenvalue weighted by molar-refractivity contribution is 6.30. The Morgan fingerprint density at radius 3 is 1.94 bits per heavy atom. The van der Waals surface area contributed by atoms with Crippen LogP contribution in [-0.4, -0.2) is 78.1 Å². The molecule has 0 radical (unpaired) electrons. The van der Waals surface area contributed by atoms with Gasteiger partial charge >= 0.3 is 0 Å². The van der Waals surface area contributed by atoms with Crippen LogP contribution in [0, 0.1) is 0 Å². The second-order valence-corrected chi connectivity index (χ2v) is 12.0. The van der Waals surface area contributed by atoms with Crippen LogP contribution < -0.4 is 10.6 Å². The van der Waals surface area contributed by atoms with Crippen molar-refractivity contribution in [1.29, 1.82) is 0 Å². The Hall–Kier alpha value is -4.91. The van der Waals surface area contributed by atoms with Crippen LogP contribution in [0.15, 0.2) is 96.2 Å². The van der Waals surface area contributed by atoms with E-state index in [4.69, 9.17) is 11.6 Å². The fourth-order valence-corrected chi connectivity index (χ4v) is 5.03. The lowest BCUT2D eigenvalue weighted by Crippen LogP contribution is -2.30. The molecule has 6 rings (SSSR count). The molecule has 4 aromatic rings. The Kier molecular flexibility index (Phi) is 18.5. The molecule has 3 heterocycles. The molecule has 50 heavy (non-hydrogen) atoms. The van der Waals surface area contributed by atoms with Crippen LogP contribution >= 0.6 is 11.6 Å². The summed E-state index contributed by atoms with van der Waals surface area (Å²) >= 11 is 5.88. The van der Waals surface area contributed by atoms with Crippen molar-refractivity contribution in [3.63, 3.8) is 0 Å². The first-order valence-electron chi connectivity index (χ1n) is 16.4. The van der Waals surface area contributed by atoms with Crippen LogP contribution in [0.5, 0.6) is 0 Å². The normalized spacial score (nSPS) is 16.1. The average molecular weight is 704 g/mol. The van der Waals surface area contributed by atoms with E-state index in [9.17, 15) is 14.4 Å². The molecule has 1 amide bonds. The summed E-state index contributed by atoms with van der Waals surface area (Å²) in [6, 6.07) is 27.3. The predicted molar refractivity (Wildman–Crippen MR) is 193 cm³/mol. The molecule has 2 saturated heterocycles. The quantitative estimate of drug-likeness (QED) is 0.125. The highest BCUT2D eigenvalue weighted by Gasteiger charge is 2.22. The molecule has 0 spiro atoms. The van der Waals surface area contributed by atoms with E-state index in [1.165, 1.54) is 12.0 Å². The van der Waals surface area contributed by atoms with Gasteiger partial charge in [0, 0.05) is 19.1 Å². The fraction of sp³-hybridized carbons (Fsp3) is 0.351. The second-order valence-electron chi connectivity index (χ2n) is 11.5. The van der Waals surface area contributed by atoms with Gasteiger partial charge in [-0.2, -0.15) is 5.10 Å². The van der Waals surface area contributed by atoms with Gasteiger partial charge in [-0.05, 0) is 67.6 Å². The number of hydrogen-bond donors (Lipinski definition) is 2. The zero-order valence-electron chi connectivity index (χ0n) is 28.6. The van der Waals surface area contributed by atoms with Crippen molar-refractivity contribution < 1.29 is 23.9 Å². The van der Waals surface area contributed by atoms with Crippen molar-refractivity contribution in [2.24, 2.45) is 4.99 Å². The number of hydrogen-bond acceptors (Lipinski definition) is 9. The van der Waals surface area contributed by atoms with Crippen LogP contribution in [0.1, 0.15) is 54.2 Å². The van der Waals surface area contributed by atoms with Gasteiger partial charge in [0.1, 0.15) is 25.4 Å². The summed E-state index contributed by atoms with van der Waals surface area (Å²) in [6.07, 6.45) is 7.52. The van der Waals surface area contributed by atoms with Gasteiger partial charge in [-0.25, -0.2) is 14.7 Å². The molecular weight excluding hydrogens is 658 g/mol. The molecule has 266 valence electrons. The van der Waals surface area contributed by atoms with Crippen LogP contribution in [0.4, 0.5) is 0 Å². The van der Waals surface area contributed by atoms with Crippen LogP contribution in [0.25, 0.3) is 0 Å². The number of rotatable bonds is 11. The van der Waals surface area contributed by atoms with E-state index in [1.54, 1.807) is 17.6 Å². The van der Waals surface area contributed by atoms with E-state index < -0.39 is 0 Å². The Balaban J connectivity index is 0.000000187. The van der Waals surface area contributed by atoms with E-state index in [2.05, 4.69) is 35.2 Å². The zero-order valence-corrected chi connectivity index (χ0v) is 29.3. The summed E-state index contributed by atoms with van der Waals surface area (Å²) in [5.41, 5.74) is 3.20. The van der Waals surface area contributed by atoms with Crippen molar-refractivity contribution in [2.75, 3.05) is 27.2 Å². The molecule has 0 aliphatic carbocycles. The highest BCUT2D eigenvalue weighted by Crippen LogP contribution is 2.21. The third kappa shape index (κ3) is 15.5. The van der Waals surface area contributed by atoms with Gasteiger partial charge in [0.25, 0.3) is 18.9 Å². The topological polar surface area (TPSA) is 140 Å². The molecular formula is C37H46ClN7O5. The maximum Gasteiger partial charge on any atom is 0.293 e. The molecule has 2 fully saturated rings. The van der Waals surface area contributed by atoms with Crippen molar-refractivity contribution in [2.45, 2.75) is 57.5 Å².